The highest BCUT2D eigenvalue weighted by atomic mass is 35.5. The second-order valence-electron chi connectivity index (χ2n) is 9.84. The first-order valence-electron chi connectivity index (χ1n) is 12.7. The Morgan fingerprint density at radius 2 is 1.89 bits per heavy atom. The Bertz CT molecular complexity index is 1430. The number of rotatable bonds is 2. The Kier molecular flexibility index (Phi) is 6.33. The van der Waals surface area contributed by atoms with Crippen LogP contribution in [0.1, 0.15) is 53.0 Å². The van der Waals surface area contributed by atoms with Gasteiger partial charge >= 0.3 is 0 Å². The number of pyridine rings is 1. The Labute approximate surface area is 216 Å². The van der Waals surface area contributed by atoms with Gasteiger partial charge in [0.2, 0.25) is 0 Å². The average molecular weight is 495 g/mol. The summed E-state index contributed by atoms with van der Waals surface area (Å²) in [6.07, 6.45) is 21.2. The number of nitrogens with zero attached hydrogens (tertiary/aromatic N) is 1. The Balaban J connectivity index is 0.000000223. The topological polar surface area (TPSA) is 24.9 Å². The monoisotopic (exact) mass is 494 g/mol. The normalized spacial score (nSPS) is 18.4. The van der Waals surface area contributed by atoms with Crippen molar-refractivity contribution in [2.45, 2.75) is 44.4 Å². The third-order valence-electron chi connectivity index (χ3n) is 7.54. The van der Waals surface area contributed by atoms with Gasteiger partial charge in [-0.2, -0.15) is 0 Å². The van der Waals surface area contributed by atoms with E-state index in [0.717, 1.165) is 36.8 Å². The maximum atomic E-state index is 14.1. The van der Waals surface area contributed by atoms with Crippen LogP contribution in [-0.4, -0.2) is 4.98 Å². The van der Waals surface area contributed by atoms with E-state index in [1.165, 1.54) is 51.9 Å². The summed E-state index contributed by atoms with van der Waals surface area (Å²) in [5, 5.41) is 3.71. The van der Waals surface area contributed by atoms with E-state index in [2.05, 4.69) is 52.8 Å². The van der Waals surface area contributed by atoms with Crippen LogP contribution in [0.4, 0.5) is 4.39 Å². The fourth-order valence-corrected chi connectivity index (χ4v) is 5.83. The van der Waals surface area contributed by atoms with E-state index in [-0.39, 0.29) is 5.82 Å². The summed E-state index contributed by atoms with van der Waals surface area (Å²) >= 11 is 5.94. The molecule has 0 amide bonds. The second-order valence-corrected chi connectivity index (χ2v) is 10.2. The predicted octanol–water partition coefficient (Wildman–Crippen LogP) is 8.09. The first-order chi connectivity index (χ1) is 17.6. The van der Waals surface area contributed by atoms with E-state index in [1.54, 1.807) is 12.1 Å². The molecule has 3 heterocycles. The van der Waals surface area contributed by atoms with Crippen LogP contribution in [0.15, 0.2) is 90.4 Å². The van der Waals surface area contributed by atoms with Crippen LogP contribution in [0.5, 0.6) is 0 Å². The molecule has 2 nitrogen and oxygen atoms in total. The highest BCUT2D eigenvalue weighted by Gasteiger charge is 2.28. The van der Waals surface area contributed by atoms with Crippen molar-refractivity contribution < 1.29 is 4.39 Å². The smallest absolute Gasteiger partial charge is 0.129 e. The number of benzene rings is 2. The zero-order valence-corrected chi connectivity index (χ0v) is 20.9. The lowest BCUT2D eigenvalue weighted by molar-refractivity contribution is 0.620. The average Bonchev–Trinajstić information content (AvgIpc) is 3.28. The van der Waals surface area contributed by atoms with Crippen molar-refractivity contribution in [2.24, 2.45) is 0 Å². The van der Waals surface area contributed by atoms with Crippen LogP contribution in [0.2, 0.25) is 5.15 Å². The quantitative estimate of drug-likeness (QED) is 0.364. The van der Waals surface area contributed by atoms with Crippen molar-refractivity contribution in [2.75, 3.05) is 0 Å². The molecule has 3 aliphatic carbocycles. The molecule has 5 aliphatic rings. The molecule has 0 fully saturated rings. The largest absolute Gasteiger partial charge is 0.365 e. The van der Waals surface area contributed by atoms with Gasteiger partial charge in [-0.15, -0.1) is 0 Å². The zero-order chi connectivity index (χ0) is 24.5. The molecular weight excluding hydrogens is 467 g/mol. The summed E-state index contributed by atoms with van der Waals surface area (Å²) in [5.74, 6) is 0.139. The first-order valence-corrected chi connectivity index (χ1v) is 13.1. The maximum absolute atomic E-state index is 14.1. The molecular formula is C32H28ClFN2. The summed E-state index contributed by atoms with van der Waals surface area (Å²) in [7, 11) is 0. The molecule has 1 atom stereocenters. The molecule has 1 aromatic heterocycles. The molecule has 8 rings (SSSR count). The highest BCUT2D eigenvalue weighted by Crippen LogP contribution is 2.44. The van der Waals surface area contributed by atoms with Crippen molar-refractivity contribution in [3.8, 4) is 11.1 Å². The van der Waals surface area contributed by atoms with Gasteiger partial charge in [-0.05, 0) is 119 Å². The van der Waals surface area contributed by atoms with Gasteiger partial charge in [-0.25, -0.2) is 9.37 Å². The molecule has 0 saturated carbocycles. The number of hydrogen-bond donors (Lipinski definition) is 1. The lowest BCUT2D eigenvalue weighted by Crippen LogP contribution is -2.17. The van der Waals surface area contributed by atoms with Crippen LogP contribution >= 0.6 is 11.6 Å². The molecule has 36 heavy (non-hydrogen) atoms. The number of allylic oxidation sites excluding steroid dienone is 6. The standard InChI is InChI=1S/C24H19ClFN.C8H9N/c25-24-10-5-15(14-27-24)11-17-12-22-19-4-2-1-3-16(19)6-8-21(22)23-13-18(26)7-9-20(17)23;1-3-8-4-2-7(1)5-6-9-8/h1,3,5-10,13-14,17H,2,4,11-12H2;1,3,5-6,9H,2,4H2. The maximum Gasteiger partial charge on any atom is 0.129 e. The van der Waals surface area contributed by atoms with Gasteiger partial charge in [-0.1, -0.05) is 54.1 Å². The first kappa shape index (κ1) is 23.0. The van der Waals surface area contributed by atoms with Gasteiger partial charge in [0.15, 0.2) is 0 Å². The minimum absolute atomic E-state index is 0.175. The summed E-state index contributed by atoms with van der Waals surface area (Å²) in [4.78, 5) is 4.23. The van der Waals surface area contributed by atoms with E-state index in [1.807, 2.05) is 30.6 Å². The summed E-state index contributed by atoms with van der Waals surface area (Å²) in [6, 6.07) is 13.5. The van der Waals surface area contributed by atoms with Crippen molar-refractivity contribution in [1.29, 1.82) is 0 Å². The van der Waals surface area contributed by atoms with E-state index in [4.69, 9.17) is 11.6 Å². The van der Waals surface area contributed by atoms with Crippen LogP contribution in [-0.2, 0) is 19.3 Å². The molecule has 2 aromatic carbocycles. The van der Waals surface area contributed by atoms with Gasteiger partial charge in [0.05, 0.1) is 0 Å². The summed E-state index contributed by atoms with van der Waals surface area (Å²) in [5.41, 5.74) is 11.5. The lowest BCUT2D eigenvalue weighted by Gasteiger charge is -2.31. The van der Waals surface area contributed by atoms with Crippen LogP contribution in [0.3, 0.4) is 0 Å². The second kappa shape index (κ2) is 9.91. The van der Waals surface area contributed by atoms with Crippen molar-refractivity contribution >= 4 is 17.7 Å². The molecule has 0 saturated heterocycles. The van der Waals surface area contributed by atoms with E-state index >= 15 is 0 Å². The van der Waals surface area contributed by atoms with Crippen molar-refractivity contribution in [3.05, 3.63) is 129 Å². The molecule has 0 radical (unpaired) electrons. The molecule has 2 aliphatic heterocycles. The molecule has 1 N–H and O–H groups in total. The summed E-state index contributed by atoms with van der Waals surface area (Å²) in [6.45, 7) is 0. The summed E-state index contributed by atoms with van der Waals surface area (Å²) < 4.78 is 14.1. The van der Waals surface area contributed by atoms with Gasteiger partial charge in [-0.3, -0.25) is 0 Å². The van der Waals surface area contributed by atoms with Crippen LogP contribution in [0.25, 0.3) is 17.2 Å². The molecule has 2 bridgehead atoms. The van der Waals surface area contributed by atoms with Gasteiger partial charge < -0.3 is 5.32 Å². The molecule has 0 spiro atoms. The third kappa shape index (κ3) is 4.68. The van der Waals surface area contributed by atoms with Gasteiger partial charge in [0.25, 0.3) is 0 Å². The minimum atomic E-state index is -0.175. The molecule has 1 unspecified atom stereocenters. The number of fused-ring (bicyclic) bond motifs is 8. The van der Waals surface area contributed by atoms with E-state index < -0.39 is 0 Å². The number of aromatic nitrogens is 1. The van der Waals surface area contributed by atoms with E-state index in [9.17, 15) is 4.39 Å². The molecule has 3 aromatic rings. The fourth-order valence-electron chi connectivity index (χ4n) is 5.72. The minimum Gasteiger partial charge on any atom is -0.365 e. The van der Waals surface area contributed by atoms with Gasteiger partial charge in [0.1, 0.15) is 11.0 Å². The van der Waals surface area contributed by atoms with Gasteiger partial charge in [0, 0.05) is 18.1 Å². The Hall–Kier alpha value is -3.43. The fraction of sp³-hybridized carbons (Fsp3) is 0.219. The number of halogens is 2. The zero-order valence-electron chi connectivity index (χ0n) is 20.1. The third-order valence-corrected chi connectivity index (χ3v) is 7.76. The number of hydrogen-bond acceptors (Lipinski definition) is 2. The van der Waals surface area contributed by atoms with Crippen molar-refractivity contribution in [3.63, 3.8) is 0 Å². The molecule has 180 valence electrons. The molecule has 4 heteroatoms. The SMILES string of the molecule is C1=CC2=CC=C(CC2)N1.Fc1ccc2c(c1)-c1ccc3c(c1CC2Cc1ccc(Cl)nc1)CCC=C3. The Morgan fingerprint density at radius 1 is 0.944 bits per heavy atom. The Morgan fingerprint density at radius 3 is 2.72 bits per heavy atom. The highest BCUT2D eigenvalue weighted by molar-refractivity contribution is 6.29. The van der Waals surface area contributed by atoms with E-state index in [0.29, 0.717) is 11.1 Å². The van der Waals surface area contributed by atoms with Crippen LogP contribution in [0, 0.1) is 5.82 Å². The van der Waals surface area contributed by atoms with Crippen molar-refractivity contribution in [1.82, 2.24) is 10.3 Å². The lowest BCUT2D eigenvalue weighted by atomic mass is 9.73. The number of nitrogens with one attached hydrogen (secondary N) is 1. The predicted molar refractivity (Wildman–Crippen MR) is 146 cm³/mol. The van der Waals surface area contributed by atoms with Crippen LogP contribution < -0.4 is 5.32 Å².